The summed E-state index contributed by atoms with van der Waals surface area (Å²) >= 11 is 0. The number of aryl methyl sites for hydroxylation is 1. The lowest BCUT2D eigenvalue weighted by molar-refractivity contribution is 0.523. The van der Waals surface area contributed by atoms with Crippen molar-refractivity contribution in [1.82, 2.24) is 15.1 Å². The summed E-state index contributed by atoms with van der Waals surface area (Å²) in [6.07, 6.45) is 8.49. The lowest BCUT2D eigenvalue weighted by Crippen LogP contribution is -2.17. The molecule has 0 saturated heterocycles. The molecule has 0 amide bonds. The van der Waals surface area contributed by atoms with E-state index < -0.39 is 0 Å². The molecule has 0 spiro atoms. The van der Waals surface area contributed by atoms with Gasteiger partial charge in [-0.15, -0.1) is 0 Å². The number of nitrogens with zero attached hydrogens (tertiary/aromatic N) is 2. The number of rotatable bonds is 7. The third-order valence-corrected chi connectivity index (χ3v) is 3.06. The van der Waals surface area contributed by atoms with Gasteiger partial charge in [-0.1, -0.05) is 0 Å². The van der Waals surface area contributed by atoms with Crippen LogP contribution in [0.4, 0.5) is 0 Å². The molecule has 1 heterocycles. The predicted octanol–water partition coefficient (Wildman–Crippen LogP) is 2.54. The van der Waals surface area contributed by atoms with Crippen LogP contribution in [-0.4, -0.2) is 22.4 Å². The molecule has 0 bridgehead atoms. The third-order valence-electron chi connectivity index (χ3n) is 3.06. The first-order valence-electron chi connectivity index (χ1n) is 6.53. The molecule has 1 N–H and O–H groups in total. The van der Waals surface area contributed by atoms with Crippen molar-refractivity contribution in [1.29, 1.82) is 0 Å². The van der Waals surface area contributed by atoms with E-state index in [-0.39, 0.29) is 0 Å². The molecule has 1 fully saturated rings. The van der Waals surface area contributed by atoms with Gasteiger partial charge in [0.2, 0.25) is 0 Å². The van der Waals surface area contributed by atoms with E-state index in [4.69, 9.17) is 0 Å². The Kier molecular flexibility index (Phi) is 3.99. The Labute approximate surface area is 98.2 Å². The molecule has 0 unspecified atom stereocenters. The first kappa shape index (κ1) is 11.6. The second-order valence-corrected chi connectivity index (χ2v) is 5.07. The molecule has 3 heteroatoms. The Morgan fingerprint density at radius 2 is 2.25 bits per heavy atom. The molecule has 1 aliphatic rings. The maximum absolute atomic E-state index is 4.55. The molecule has 0 radical (unpaired) electrons. The number of hydrogen-bond acceptors (Lipinski definition) is 2. The zero-order chi connectivity index (χ0) is 11.4. The van der Waals surface area contributed by atoms with Gasteiger partial charge in [0.05, 0.1) is 5.69 Å². The summed E-state index contributed by atoms with van der Waals surface area (Å²) in [4.78, 5) is 0. The van der Waals surface area contributed by atoms with Crippen molar-refractivity contribution in [2.75, 3.05) is 6.54 Å². The van der Waals surface area contributed by atoms with Crippen LogP contribution in [0.25, 0.3) is 0 Å². The van der Waals surface area contributed by atoms with Crippen molar-refractivity contribution in [3.8, 4) is 0 Å². The van der Waals surface area contributed by atoms with E-state index in [9.17, 15) is 0 Å². The van der Waals surface area contributed by atoms with Crippen LogP contribution in [0.15, 0.2) is 12.3 Å². The molecule has 0 aromatic carbocycles. The van der Waals surface area contributed by atoms with Gasteiger partial charge in [-0.3, -0.25) is 4.68 Å². The van der Waals surface area contributed by atoms with E-state index in [0.717, 1.165) is 12.5 Å². The molecule has 1 aliphatic carbocycles. The normalized spacial score (nSPS) is 15.9. The lowest BCUT2D eigenvalue weighted by atomic mass is 10.2. The van der Waals surface area contributed by atoms with E-state index in [1.54, 1.807) is 0 Å². The van der Waals surface area contributed by atoms with Gasteiger partial charge in [-0.25, -0.2) is 0 Å². The smallest absolute Gasteiger partial charge is 0.0624 e. The fourth-order valence-corrected chi connectivity index (χ4v) is 1.82. The van der Waals surface area contributed by atoms with Gasteiger partial charge in [-0.2, -0.15) is 5.10 Å². The molecule has 1 saturated carbocycles. The minimum Gasteiger partial charge on any atom is -0.314 e. The monoisotopic (exact) mass is 221 g/mol. The quantitative estimate of drug-likeness (QED) is 0.717. The SMILES string of the molecule is CC(C)n1ccc(CCCCNC2CC2)n1. The van der Waals surface area contributed by atoms with Crippen molar-refractivity contribution < 1.29 is 0 Å². The van der Waals surface area contributed by atoms with Crippen LogP contribution in [-0.2, 0) is 6.42 Å². The van der Waals surface area contributed by atoms with E-state index in [1.807, 2.05) is 4.68 Å². The van der Waals surface area contributed by atoms with E-state index in [0.29, 0.717) is 6.04 Å². The second-order valence-electron chi connectivity index (χ2n) is 5.07. The summed E-state index contributed by atoms with van der Waals surface area (Å²) in [5.41, 5.74) is 1.24. The van der Waals surface area contributed by atoms with Crippen LogP contribution in [0.1, 0.15) is 51.3 Å². The molecular weight excluding hydrogens is 198 g/mol. The van der Waals surface area contributed by atoms with Gasteiger partial charge in [0.15, 0.2) is 0 Å². The third kappa shape index (κ3) is 3.63. The summed E-state index contributed by atoms with van der Waals surface area (Å²) in [7, 11) is 0. The lowest BCUT2D eigenvalue weighted by Gasteiger charge is -2.04. The molecule has 3 nitrogen and oxygen atoms in total. The zero-order valence-corrected chi connectivity index (χ0v) is 10.4. The molecule has 1 aromatic rings. The average molecular weight is 221 g/mol. The Morgan fingerprint density at radius 3 is 2.88 bits per heavy atom. The van der Waals surface area contributed by atoms with Crippen LogP contribution < -0.4 is 5.32 Å². The summed E-state index contributed by atoms with van der Waals surface area (Å²) in [6.45, 7) is 5.50. The Hall–Kier alpha value is -0.830. The summed E-state index contributed by atoms with van der Waals surface area (Å²) < 4.78 is 2.04. The highest BCUT2D eigenvalue weighted by Gasteiger charge is 2.19. The number of hydrogen-bond donors (Lipinski definition) is 1. The van der Waals surface area contributed by atoms with Gasteiger partial charge in [0, 0.05) is 18.3 Å². The summed E-state index contributed by atoms with van der Waals surface area (Å²) in [5, 5.41) is 8.09. The molecule has 1 aromatic heterocycles. The van der Waals surface area contributed by atoms with Gasteiger partial charge in [0.1, 0.15) is 0 Å². The largest absolute Gasteiger partial charge is 0.314 e. The highest BCUT2D eigenvalue weighted by molar-refractivity contribution is 4.99. The number of nitrogens with one attached hydrogen (secondary N) is 1. The van der Waals surface area contributed by atoms with Crippen molar-refractivity contribution >= 4 is 0 Å². The number of unbranched alkanes of at least 4 members (excludes halogenated alkanes) is 1. The van der Waals surface area contributed by atoms with Crippen LogP contribution in [0.3, 0.4) is 0 Å². The van der Waals surface area contributed by atoms with Gasteiger partial charge < -0.3 is 5.32 Å². The fourth-order valence-electron chi connectivity index (χ4n) is 1.82. The molecule has 90 valence electrons. The van der Waals surface area contributed by atoms with Gasteiger partial charge in [0.25, 0.3) is 0 Å². The highest BCUT2D eigenvalue weighted by atomic mass is 15.3. The van der Waals surface area contributed by atoms with Crippen molar-refractivity contribution in [2.24, 2.45) is 0 Å². The van der Waals surface area contributed by atoms with Crippen LogP contribution in [0.2, 0.25) is 0 Å². The van der Waals surface area contributed by atoms with E-state index >= 15 is 0 Å². The average Bonchev–Trinajstić information content (AvgIpc) is 2.94. The minimum absolute atomic E-state index is 0.477. The second kappa shape index (κ2) is 5.48. The minimum atomic E-state index is 0.477. The van der Waals surface area contributed by atoms with Gasteiger partial charge >= 0.3 is 0 Å². The predicted molar refractivity (Wildman–Crippen MR) is 66.6 cm³/mol. The molecule has 0 atom stereocenters. The van der Waals surface area contributed by atoms with Crippen molar-refractivity contribution in [3.05, 3.63) is 18.0 Å². The zero-order valence-electron chi connectivity index (χ0n) is 10.4. The summed E-state index contributed by atoms with van der Waals surface area (Å²) in [6, 6.07) is 3.47. The molecule has 16 heavy (non-hydrogen) atoms. The highest BCUT2D eigenvalue weighted by Crippen LogP contribution is 2.18. The fraction of sp³-hybridized carbons (Fsp3) is 0.769. The Morgan fingerprint density at radius 1 is 1.44 bits per heavy atom. The first-order valence-corrected chi connectivity index (χ1v) is 6.53. The topological polar surface area (TPSA) is 29.9 Å². The first-order chi connectivity index (χ1) is 7.75. The van der Waals surface area contributed by atoms with Crippen molar-refractivity contribution in [2.45, 2.75) is 58.0 Å². The van der Waals surface area contributed by atoms with Crippen LogP contribution in [0, 0.1) is 0 Å². The standard InChI is InChI=1S/C13H23N3/c1-11(2)16-10-8-13(15-16)5-3-4-9-14-12-6-7-12/h8,10-12,14H,3-7,9H2,1-2H3. The molecule has 0 aliphatic heterocycles. The Bertz CT molecular complexity index is 313. The maximum atomic E-state index is 4.55. The maximum Gasteiger partial charge on any atom is 0.0624 e. The van der Waals surface area contributed by atoms with E-state index in [2.05, 4.69) is 36.5 Å². The van der Waals surface area contributed by atoms with E-state index in [1.165, 1.54) is 37.9 Å². The molecule has 2 rings (SSSR count). The molecular formula is C13H23N3. The number of aromatic nitrogens is 2. The summed E-state index contributed by atoms with van der Waals surface area (Å²) in [5.74, 6) is 0. The Balaban J connectivity index is 1.60. The van der Waals surface area contributed by atoms with Gasteiger partial charge in [-0.05, 0) is 58.6 Å². The van der Waals surface area contributed by atoms with Crippen molar-refractivity contribution in [3.63, 3.8) is 0 Å². The van der Waals surface area contributed by atoms with Crippen LogP contribution in [0.5, 0.6) is 0 Å². The van der Waals surface area contributed by atoms with Crippen LogP contribution >= 0.6 is 0 Å².